The second-order valence-electron chi connectivity index (χ2n) is 6.19. The highest BCUT2D eigenvalue weighted by Crippen LogP contribution is 2.25. The zero-order chi connectivity index (χ0) is 17.6. The van der Waals surface area contributed by atoms with Crippen molar-refractivity contribution in [1.29, 1.82) is 0 Å². The number of hydrogen-bond donors (Lipinski definition) is 1. The first-order valence-electron chi connectivity index (χ1n) is 8.59. The molecule has 1 aromatic carbocycles. The number of hydrogen-bond acceptors (Lipinski definition) is 3. The first kappa shape index (κ1) is 18.0. The third-order valence-electron chi connectivity index (χ3n) is 4.35. The van der Waals surface area contributed by atoms with Gasteiger partial charge < -0.3 is 10.2 Å². The Morgan fingerprint density at radius 2 is 1.76 bits per heavy atom. The Bertz CT molecular complexity index is 738. The quantitative estimate of drug-likeness (QED) is 0.813. The average molecular weight is 377 g/mol. The molecular weight excluding hydrogens is 356 g/mol. The van der Waals surface area contributed by atoms with Crippen LogP contribution in [0.2, 0.25) is 5.02 Å². The van der Waals surface area contributed by atoms with Gasteiger partial charge >= 0.3 is 0 Å². The van der Waals surface area contributed by atoms with Gasteiger partial charge in [0.1, 0.15) is 0 Å². The third-order valence-corrected chi connectivity index (χ3v) is 5.55. The maximum absolute atomic E-state index is 12.8. The average Bonchev–Trinajstić information content (AvgIpc) is 3.11. The van der Waals surface area contributed by atoms with Crippen molar-refractivity contribution in [2.45, 2.75) is 32.1 Å². The van der Waals surface area contributed by atoms with Crippen LogP contribution in [0, 0.1) is 0 Å². The van der Waals surface area contributed by atoms with Crippen LogP contribution in [0.3, 0.4) is 0 Å². The van der Waals surface area contributed by atoms with Crippen molar-refractivity contribution in [3.63, 3.8) is 0 Å². The van der Waals surface area contributed by atoms with Crippen LogP contribution in [0.15, 0.2) is 35.7 Å². The summed E-state index contributed by atoms with van der Waals surface area (Å²) in [6.07, 6.45) is 5.68. The third kappa shape index (κ3) is 4.61. The van der Waals surface area contributed by atoms with Gasteiger partial charge in [-0.15, -0.1) is 11.3 Å². The van der Waals surface area contributed by atoms with Gasteiger partial charge in [-0.05, 0) is 42.5 Å². The van der Waals surface area contributed by atoms with E-state index in [4.69, 9.17) is 11.6 Å². The largest absolute Gasteiger partial charge is 0.339 e. The second kappa shape index (κ2) is 8.50. The molecule has 1 aliphatic heterocycles. The number of benzene rings is 1. The Morgan fingerprint density at radius 1 is 1.04 bits per heavy atom. The van der Waals surface area contributed by atoms with E-state index in [1.165, 1.54) is 30.6 Å². The Morgan fingerprint density at radius 3 is 2.44 bits per heavy atom. The number of amides is 2. The minimum absolute atomic E-state index is 0.00480. The summed E-state index contributed by atoms with van der Waals surface area (Å²) in [6, 6.07) is 8.65. The van der Waals surface area contributed by atoms with E-state index >= 15 is 0 Å². The van der Waals surface area contributed by atoms with Crippen LogP contribution in [0.4, 0.5) is 5.69 Å². The summed E-state index contributed by atoms with van der Waals surface area (Å²) in [5.74, 6) is -0.210. The monoisotopic (exact) mass is 376 g/mol. The summed E-state index contributed by atoms with van der Waals surface area (Å²) < 4.78 is 0. The van der Waals surface area contributed by atoms with Crippen molar-refractivity contribution in [1.82, 2.24) is 4.90 Å². The van der Waals surface area contributed by atoms with Gasteiger partial charge in [-0.25, -0.2) is 0 Å². The molecule has 0 aliphatic carbocycles. The van der Waals surface area contributed by atoms with Gasteiger partial charge in [0, 0.05) is 18.7 Å². The molecular formula is C19H21ClN2O2S. The van der Waals surface area contributed by atoms with E-state index < -0.39 is 0 Å². The fraction of sp³-hybridized carbons (Fsp3) is 0.368. The number of anilines is 1. The number of nitrogens with zero attached hydrogens (tertiary/aromatic N) is 1. The highest BCUT2D eigenvalue weighted by atomic mass is 35.5. The minimum Gasteiger partial charge on any atom is -0.339 e. The van der Waals surface area contributed by atoms with Gasteiger partial charge in [-0.2, -0.15) is 0 Å². The molecule has 0 bridgehead atoms. The maximum atomic E-state index is 12.8. The van der Waals surface area contributed by atoms with Crippen molar-refractivity contribution < 1.29 is 9.59 Å². The standard InChI is InChI=1S/C19H21ClN2O2S/c20-15-9-8-14(19(24)22-10-4-2-1-3-5-11-22)13-16(15)21-18(23)17-7-6-12-25-17/h6-9,12-13H,1-5,10-11H2,(H,21,23). The molecule has 0 saturated carbocycles. The van der Waals surface area contributed by atoms with Crippen LogP contribution in [-0.2, 0) is 0 Å². The van der Waals surface area contributed by atoms with E-state index in [1.54, 1.807) is 24.3 Å². The lowest BCUT2D eigenvalue weighted by atomic mass is 10.1. The van der Waals surface area contributed by atoms with E-state index in [0.717, 1.165) is 25.9 Å². The highest BCUT2D eigenvalue weighted by molar-refractivity contribution is 7.12. The first-order valence-corrected chi connectivity index (χ1v) is 9.84. The molecule has 1 N–H and O–H groups in total. The van der Waals surface area contributed by atoms with Crippen LogP contribution < -0.4 is 5.32 Å². The molecule has 0 unspecified atom stereocenters. The number of carbonyl (C=O) groups excluding carboxylic acids is 2. The number of rotatable bonds is 3. The molecule has 3 rings (SSSR count). The van der Waals surface area contributed by atoms with Crippen molar-refractivity contribution >= 4 is 40.4 Å². The van der Waals surface area contributed by atoms with Crippen LogP contribution in [0.25, 0.3) is 0 Å². The lowest BCUT2D eigenvalue weighted by Gasteiger charge is -2.25. The molecule has 25 heavy (non-hydrogen) atoms. The molecule has 4 nitrogen and oxygen atoms in total. The van der Waals surface area contributed by atoms with Gasteiger partial charge in [0.25, 0.3) is 11.8 Å². The molecule has 1 saturated heterocycles. The molecule has 1 aromatic heterocycles. The number of likely N-dealkylation sites (tertiary alicyclic amines) is 1. The van der Waals surface area contributed by atoms with Gasteiger partial charge in [-0.1, -0.05) is 36.9 Å². The van der Waals surface area contributed by atoms with Crippen LogP contribution >= 0.6 is 22.9 Å². The molecule has 0 spiro atoms. The SMILES string of the molecule is O=C(Nc1cc(C(=O)N2CCCCCCC2)ccc1Cl)c1cccs1. The molecule has 6 heteroatoms. The van der Waals surface area contributed by atoms with Gasteiger partial charge in [-0.3, -0.25) is 9.59 Å². The summed E-state index contributed by atoms with van der Waals surface area (Å²) in [7, 11) is 0. The molecule has 2 amide bonds. The fourth-order valence-corrected chi connectivity index (χ4v) is 3.76. The Labute approximate surface area is 156 Å². The normalized spacial score (nSPS) is 15.3. The summed E-state index contributed by atoms with van der Waals surface area (Å²) in [4.78, 5) is 27.6. The number of thiophene rings is 1. The zero-order valence-electron chi connectivity index (χ0n) is 14.0. The van der Waals surface area contributed by atoms with Gasteiger partial charge in [0.2, 0.25) is 0 Å². The molecule has 1 aliphatic rings. The molecule has 2 aromatic rings. The number of nitrogens with one attached hydrogen (secondary N) is 1. The Hall–Kier alpha value is -1.85. The van der Waals surface area contributed by atoms with Crippen LogP contribution in [0.1, 0.15) is 52.1 Å². The van der Waals surface area contributed by atoms with E-state index in [-0.39, 0.29) is 11.8 Å². The number of halogens is 1. The molecule has 1 fully saturated rings. The van der Waals surface area contributed by atoms with Crippen LogP contribution in [0.5, 0.6) is 0 Å². The zero-order valence-corrected chi connectivity index (χ0v) is 15.5. The Kier molecular flexibility index (Phi) is 6.10. The molecule has 132 valence electrons. The summed E-state index contributed by atoms with van der Waals surface area (Å²) in [5, 5.41) is 5.07. The van der Waals surface area contributed by atoms with Crippen molar-refractivity contribution in [2.75, 3.05) is 18.4 Å². The maximum Gasteiger partial charge on any atom is 0.265 e. The van der Waals surface area contributed by atoms with Crippen molar-refractivity contribution in [3.05, 3.63) is 51.2 Å². The lowest BCUT2D eigenvalue weighted by molar-refractivity contribution is 0.0742. The van der Waals surface area contributed by atoms with E-state index in [2.05, 4.69) is 5.32 Å². The van der Waals surface area contributed by atoms with Gasteiger partial charge in [0.05, 0.1) is 15.6 Å². The minimum atomic E-state index is -0.215. The van der Waals surface area contributed by atoms with E-state index in [9.17, 15) is 9.59 Å². The second-order valence-corrected chi connectivity index (χ2v) is 7.54. The van der Waals surface area contributed by atoms with Crippen molar-refractivity contribution in [2.24, 2.45) is 0 Å². The summed E-state index contributed by atoms with van der Waals surface area (Å²) in [6.45, 7) is 1.58. The summed E-state index contributed by atoms with van der Waals surface area (Å²) in [5.41, 5.74) is 1.03. The number of carbonyl (C=O) groups is 2. The van der Waals surface area contributed by atoms with Crippen molar-refractivity contribution in [3.8, 4) is 0 Å². The smallest absolute Gasteiger partial charge is 0.265 e. The van der Waals surface area contributed by atoms with E-state index in [1.807, 2.05) is 16.3 Å². The summed E-state index contributed by atoms with van der Waals surface area (Å²) >= 11 is 7.57. The fourth-order valence-electron chi connectivity index (χ4n) is 2.98. The Balaban J connectivity index is 1.75. The predicted octanol–water partition coefficient (Wildman–Crippen LogP) is 5.06. The van der Waals surface area contributed by atoms with Crippen LogP contribution in [-0.4, -0.2) is 29.8 Å². The topological polar surface area (TPSA) is 49.4 Å². The molecule has 0 atom stereocenters. The first-order chi connectivity index (χ1) is 12.1. The predicted molar refractivity (Wildman–Crippen MR) is 103 cm³/mol. The van der Waals surface area contributed by atoms with E-state index in [0.29, 0.717) is 21.2 Å². The lowest BCUT2D eigenvalue weighted by Crippen LogP contribution is -2.33. The highest BCUT2D eigenvalue weighted by Gasteiger charge is 2.18. The van der Waals surface area contributed by atoms with Gasteiger partial charge in [0.15, 0.2) is 0 Å². The molecule has 2 heterocycles. The molecule has 0 radical (unpaired) electrons.